The summed E-state index contributed by atoms with van der Waals surface area (Å²) in [5.41, 5.74) is 0. The fourth-order valence-corrected chi connectivity index (χ4v) is 1.54. The molecule has 2 unspecified atom stereocenters. The van der Waals surface area contributed by atoms with Crippen LogP contribution < -0.4 is 0 Å². The molecule has 1 aliphatic rings. The zero-order valence-electron chi connectivity index (χ0n) is 8.72. The molecule has 0 saturated carbocycles. The average Bonchev–Trinajstić information content (AvgIpc) is 2.22. The summed E-state index contributed by atoms with van der Waals surface area (Å²) in [5, 5.41) is 55.6. The molecule has 6 nitrogen and oxygen atoms in total. The highest BCUT2D eigenvalue weighted by atomic mass is 16.4. The van der Waals surface area contributed by atoms with Crippen molar-refractivity contribution in [1.82, 2.24) is 0 Å². The molecule has 0 spiro atoms. The molecule has 0 saturated heterocycles. The summed E-state index contributed by atoms with van der Waals surface area (Å²) in [6, 6.07) is 0. The van der Waals surface area contributed by atoms with Crippen LogP contribution in [0.1, 0.15) is 6.42 Å². The zero-order chi connectivity index (χ0) is 12.3. The van der Waals surface area contributed by atoms with Crippen molar-refractivity contribution in [3.63, 3.8) is 0 Å². The van der Waals surface area contributed by atoms with E-state index < -0.39 is 37.1 Å². The van der Waals surface area contributed by atoms with E-state index in [0.717, 1.165) is 0 Å². The minimum atomic E-state index is -1.70. The first-order valence-electron chi connectivity index (χ1n) is 5.17. The van der Waals surface area contributed by atoms with Crippen LogP contribution in [0.2, 0.25) is 0 Å². The molecule has 94 valence electrons. The van der Waals surface area contributed by atoms with Gasteiger partial charge in [-0.15, -0.1) is 0 Å². The lowest BCUT2D eigenvalue weighted by Crippen LogP contribution is -2.51. The smallest absolute Gasteiger partial charge is 0.111 e. The van der Waals surface area contributed by atoms with Crippen LogP contribution >= 0.6 is 0 Å². The second-order valence-electron chi connectivity index (χ2n) is 4.04. The Bertz CT molecular complexity index is 243. The molecule has 0 aromatic rings. The van der Waals surface area contributed by atoms with Gasteiger partial charge in [0.05, 0.1) is 12.7 Å². The maximum atomic E-state index is 9.59. The second kappa shape index (κ2) is 5.72. The van der Waals surface area contributed by atoms with Crippen LogP contribution in [0.5, 0.6) is 0 Å². The fraction of sp³-hybridized carbons (Fsp3) is 0.800. The second-order valence-corrected chi connectivity index (χ2v) is 4.04. The minimum Gasteiger partial charge on any atom is -0.394 e. The molecule has 6 heteroatoms. The van der Waals surface area contributed by atoms with Crippen LogP contribution in [0.25, 0.3) is 0 Å². The van der Waals surface area contributed by atoms with Crippen molar-refractivity contribution in [3.8, 4) is 0 Å². The Morgan fingerprint density at radius 2 is 1.56 bits per heavy atom. The lowest BCUT2D eigenvalue weighted by atomic mass is 9.84. The molecule has 0 aromatic heterocycles. The van der Waals surface area contributed by atoms with Crippen molar-refractivity contribution in [2.24, 2.45) is 5.92 Å². The molecule has 1 aliphatic carbocycles. The molecule has 0 amide bonds. The van der Waals surface area contributed by atoms with E-state index in [4.69, 9.17) is 10.2 Å². The predicted molar refractivity (Wildman–Crippen MR) is 54.4 cm³/mol. The van der Waals surface area contributed by atoms with Crippen LogP contribution in [0, 0.1) is 5.92 Å². The van der Waals surface area contributed by atoms with Gasteiger partial charge in [0.25, 0.3) is 0 Å². The monoisotopic (exact) mass is 234 g/mol. The van der Waals surface area contributed by atoms with E-state index in [9.17, 15) is 20.4 Å². The van der Waals surface area contributed by atoms with Gasteiger partial charge < -0.3 is 30.6 Å². The Kier molecular flexibility index (Phi) is 4.85. The van der Waals surface area contributed by atoms with Crippen LogP contribution in [0.15, 0.2) is 12.2 Å². The SMILES string of the molecule is OC[C@@H](O)[C@@H](O)[C@H](O)[C@@H](O)C(O)C1C=CC1. The van der Waals surface area contributed by atoms with Crippen molar-refractivity contribution in [3.05, 3.63) is 12.2 Å². The molecule has 6 N–H and O–H groups in total. The largest absolute Gasteiger partial charge is 0.394 e. The number of rotatable bonds is 6. The molecule has 0 radical (unpaired) electrons. The third-order valence-corrected chi connectivity index (χ3v) is 2.86. The highest BCUT2D eigenvalue weighted by Crippen LogP contribution is 2.24. The Hall–Kier alpha value is -0.500. The minimum absolute atomic E-state index is 0.247. The van der Waals surface area contributed by atoms with E-state index in [2.05, 4.69) is 0 Å². The highest BCUT2D eigenvalue weighted by molar-refractivity contribution is 5.07. The summed E-state index contributed by atoms with van der Waals surface area (Å²) in [4.78, 5) is 0. The van der Waals surface area contributed by atoms with Gasteiger partial charge in [-0.3, -0.25) is 0 Å². The molecule has 1 rings (SSSR count). The van der Waals surface area contributed by atoms with Gasteiger partial charge in [-0.2, -0.15) is 0 Å². The standard InChI is InChI=1S/C10H18O6/c11-4-6(12)8(14)10(16)9(15)7(13)5-2-1-3-5/h1-2,5-16H,3-4H2/t5?,6-,7?,8-,9+,10+/m1/s1. The third kappa shape index (κ3) is 2.79. The van der Waals surface area contributed by atoms with Crippen molar-refractivity contribution in [1.29, 1.82) is 0 Å². The lowest BCUT2D eigenvalue weighted by Gasteiger charge is -2.33. The molecule has 0 heterocycles. The van der Waals surface area contributed by atoms with Crippen LogP contribution in [-0.4, -0.2) is 67.8 Å². The van der Waals surface area contributed by atoms with Gasteiger partial charge in [-0.05, 0) is 6.42 Å². The number of hydrogen-bond acceptors (Lipinski definition) is 6. The summed E-state index contributed by atoms with van der Waals surface area (Å²) in [6.45, 7) is -0.732. The van der Waals surface area contributed by atoms with E-state index >= 15 is 0 Å². The molecule has 16 heavy (non-hydrogen) atoms. The summed E-state index contributed by atoms with van der Waals surface area (Å²) in [7, 11) is 0. The van der Waals surface area contributed by atoms with Crippen LogP contribution in [0.3, 0.4) is 0 Å². The quantitative estimate of drug-likeness (QED) is 0.279. The highest BCUT2D eigenvalue weighted by Gasteiger charge is 2.37. The summed E-state index contributed by atoms with van der Waals surface area (Å²) in [6.07, 6.45) is -3.60. The molecule has 0 aliphatic heterocycles. The number of aliphatic hydroxyl groups is 6. The van der Waals surface area contributed by atoms with E-state index in [1.54, 1.807) is 6.08 Å². The van der Waals surface area contributed by atoms with Gasteiger partial charge >= 0.3 is 0 Å². The maximum absolute atomic E-state index is 9.59. The molecule has 0 aromatic carbocycles. The first-order valence-corrected chi connectivity index (χ1v) is 5.17. The van der Waals surface area contributed by atoms with Crippen molar-refractivity contribution in [2.45, 2.75) is 36.9 Å². The van der Waals surface area contributed by atoms with Gasteiger partial charge in [0.1, 0.15) is 24.4 Å². The zero-order valence-corrected chi connectivity index (χ0v) is 8.72. The summed E-state index contributed by atoms with van der Waals surface area (Å²) in [5.74, 6) is -0.247. The summed E-state index contributed by atoms with van der Waals surface area (Å²) >= 11 is 0. The van der Waals surface area contributed by atoms with Crippen molar-refractivity contribution in [2.75, 3.05) is 6.61 Å². The van der Waals surface area contributed by atoms with Crippen molar-refractivity contribution >= 4 is 0 Å². The number of hydrogen-bond donors (Lipinski definition) is 6. The fourth-order valence-electron chi connectivity index (χ4n) is 1.54. The van der Waals surface area contributed by atoms with Gasteiger partial charge in [0.15, 0.2) is 0 Å². The molecular formula is C10H18O6. The maximum Gasteiger partial charge on any atom is 0.111 e. The van der Waals surface area contributed by atoms with Gasteiger partial charge in [0, 0.05) is 5.92 Å². The molecule has 6 atom stereocenters. The lowest BCUT2D eigenvalue weighted by molar-refractivity contribution is -0.146. The van der Waals surface area contributed by atoms with Gasteiger partial charge in [-0.25, -0.2) is 0 Å². The average molecular weight is 234 g/mol. The van der Waals surface area contributed by atoms with Gasteiger partial charge in [-0.1, -0.05) is 12.2 Å². The predicted octanol–water partition coefficient (Wildman–Crippen LogP) is -2.64. The van der Waals surface area contributed by atoms with Crippen molar-refractivity contribution < 1.29 is 30.6 Å². The Labute approximate surface area is 93.1 Å². The first-order chi connectivity index (χ1) is 7.49. The van der Waals surface area contributed by atoms with Crippen LogP contribution in [0.4, 0.5) is 0 Å². The Morgan fingerprint density at radius 1 is 1.00 bits per heavy atom. The number of allylic oxidation sites excluding steroid dienone is 1. The normalized spacial score (nSPS) is 29.0. The Morgan fingerprint density at radius 3 is 1.94 bits per heavy atom. The van der Waals surface area contributed by atoms with E-state index in [-0.39, 0.29) is 5.92 Å². The summed E-state index contributed by atoms with van der Waals surface area (Å²) < 4.78 is 0. The van der Waals surface area contributed by atoms with E-state index in [1.165, 1.54) is 0 Å². The van der Waals surface area contributed by atoms with Crippen LogP contribution in [-0.2, 0) is 0 Å². The number of aliphatic hydroxyl groups excluding tert-OH is 6. The molecular weight excluding hydrogens is 216 g/mol. The van der Waals surface area contributed by atoms with E-state index in [1.807, 2.05) is 6.08 Å². The topological polar surface area (TPSA) is 121 Å². The molecule has 0 fully saturated rings. The first kappa shape index (κ1) is 13.6. The third-order valence-electron chi connectivity index (χ3n) is 2.86. The Balaban J connectivity index is 2.51. The van der Waals surface area contributed by atoms with E-state index in [0.29, 0.717) is 6.42 Å². The molecule has 0 bridgehead atoms. The van der Waals surface area contributed by atoms with Gasteiger partial charge in [0.2, 0.25) is 0 Å².